The molecule has 1 saturated carbocycles. The van der Waals surface area contributed by atoms with E-state index in [1.807, 2.05) is 6.07 Å². The van der Waals surface area contributed by atoms with Crippen LogP contribution < -0.4 is 5.32 Å². The van der Waals surface area contributed by atoms with Crippen LogP contribution in [0, 0.1) is 23.2 Å². The minimum atomic E-state index is -3.26. The van der Waals surface area contributed by atoms with Crippen LogP contribution in [0.25, 0.3) is 0 Å². The highest BCUT2D eigenvalue weighted by Crippen LogP contribution is 2.39. The second-order valence-electron chi connectivity index (χ2n) is 4.67. The van der Waals surface area contributed by atoms with Crippen LogP contribution in [0.5, 0.6) is 0 Å². The Morgan fingerprint density at radius 3 is 2.80 bits per heavy atom. The van der Waals surface area contributed by atoms with Crippen LogP contribution in [0.4, 0.5) is 0 Å². The lowest BCUT2D eigenvalue weighted by Gasteiger charge is -2.21. The summed E-state index contributed by atoms with van der Waals surface area (Å²) in [4.78, 5) is 0. The largest absolute Gasteiger partial charge is 0.311 e. The Labute approximate surface area is 90.6 Å². The molecule has 1 heterocycles. The molecule has 0 radical (unpaired) electrons. The van der Waals surface area contributed by atoms with Gasteiger partial charge in [-0.25, -0.2) is 8.42 Å². The predicted molar refractivity (Wildman–Crippen MR) is 56.9 cm³/mol. The number of hydrogen-bond acceptors (Lipinski definition) is 4. The maximum absolute atomic E-state index is 11.5. The highest BCUT2D eigenvalue weighted by Gasteiger charge is 2.45. The summed E-state index contributed by atoms with van der Waals surface area (Å²) in [6.07, 6.45) is 4.58. The smallest absolute Gasteiger partial charge is 0.165 e. The average molecular weight is 228 g/mol. The van der Waals surface area contributed by atoms with Gasteiger partial charge in [0.25, 0.3) is 0 Å². The van der Waals surface area contributed by atoms with Crippen LogP contribution >= 0.6 is 0 Å². The molecule has 4 atom stereocenters. The first-order valence-corrected chi connectivity index (χ1v) is 7.31. The van der Waals surface area contributed by atoms with Gasteiger partial charge >= 0.3 is 0 Å². The molecule has 5 heteroatoms. The molecule has 2 rings (SSSR count). The lowest BCUT2D eigenvalue weighted by Crippen LogP contribution is -2.42. The van der Waals surface area contributed by atoms with E-state index in [0.717, 1.165) is 19.2 Å². The molecular weight excluding hydrogens is 212 g/mol. The topological polar surface area (TPSA) is 70.0 Å². The highest BCUT2D eigenvalue weighted by atomic mass is 32.2. The van der Waals surface area contributed by atoms with Crippen molar-refractivity contribution >= 4 is 9.84 Å². The minimum Gasteiger partial charge on any atom is -0.311 e. The molecule has 0 amide bonds. The molecule has 0 bridgehead atoms. The monoisotopic (exact) mass is 228 g/mol. The van der Waals surface area contributed by atoms with Gasteiger partial charge < -0.3 is 5.32 Å². The van der Waals surface area contributed by atoms with E-state index >= 15 is 0 Å². The fourth-order valence-corrected chi connectivity index (χ4v) is 4.03. The normalized spacial score (nSPS) is 37.2. The standard InChI is InChI=1S/C10H16N2O2S/c1-15(13,14)9(5-11)10-8-4-2-3-7(8)6-12-10/h7-10,12H,2-4,6H2,1H3. The van der Waals surface area contributed by atoms with E-state index < -0.39 is 15.1 Å². The summed E-state index contributed by atoms with van der Waals surface area (Å²) in [6, 6.07) is 1.80. The van der Waals surface area contributed by atoms with Gasteiger partial charge in [-0.2, -0.15) is 5.26 Å². The van der Waals surface area contributed by atoms with Gasteiger partial charge in [-0.1, -0.05) is 6.42 Å². The summed E-state index contributed by atoms with van der Waals surface area (Å²) < 4.78 is 23.0. The molecule has 0 aromatic rings. The Bertz CT molecular complexity index is 385. The molecule has 1 aliphatic heterocycles. The van der Waals surface area contributed by atoms with Crippen molar-refractivity contribution in [3.63, 3.8) is 0 Å². The van der Waals surface area contributed by atoms with Crippen LogP contribution in [-0.2, 0) is 9.84 Å². The van der Waals surface area contributed by atoms with Gasteiger partial charge in [-0.3, -0.25) is 0 Å². The molecule has 4 nitrogen and oxygen atoms in total. The predicted octanol–water partition coefficient (Wildman–Crippen LogP) is 0.311. The summed E-state index contributed by atoms with van der Waals surface area (Å²) in [6.45, 7) is 0.878. The number of nitriles is 1. The first-order valence-electron chi connectivity index (χ1n) is 5.36. The van der Waals surface area contributed by atoms with Gasteiger partial charge in [0, 0.05) is 12.3 Å². The summed E-state index contributed by atoms with van der Waals surface area (Å²) in [7, 11) is -3.26. The summed E-state index contributed by atoms with van der Waals surface area (Å²) in [5, 5.41) is 11.3. The molecular formula is C10H16N2O2S. The molecule has 2 aliphatic rings. The molecule has 0 aromatic heterocycles. The number of hydrogen-bond donors (Lipinski definition) is 1. The van der Waals surface area contributed by atoms with Crippen molar-refractivity contribution in [3.05, 3.63) is 0 Å². The van der Waals surface area contributed by atoms with Crippen LogP contribution in [0.3, 0.4) is 0 Å². The number of nitrogens with zero attached hydrogens (tertiary/aromatic N) is 1. The Hall–Kier alpha value is -0.600. The van der Waals surface area contributed by atoms with Gasteiger partial charge in [-0.05, 0) is 31.2 Å². The van der Waals surface area contributed by atoms with Crippen molar-refractivity contribution in [2.75, 3.05) is 12.8 Å². The number of sulfone groups is 1. The lowest BCUT2D eigenvalue weighted by atomic mass is 9.92. The quantitative estimate of drug-likeness (QED) is 0.738. The summed E-state index contributed by atoms with van der Waals surface area (Å²) in [5.74, 6) is 0.983. The minimum absolute atomic E-state index is 0.141. The zero-order chi connectivity index (χ0) is 11.1. The Balaban J connectivity index is 2.21. The van der Waals surface area contributed by atoms with Gasteiger partial charge in [-0.15, -0.1) is 0 Å². The van der Waals surface area contributed by atoms with E-state index in [1.54, 1.807) is 0 Å². The van der Waals surface area contributed by atoms with Crippen molar-refractivity contribution in [2.24, 2.45) is 11.8 Å². The average Bonchev–Trinajstić information content (AvgIpc) is 2.67. The number of rotatable bonds is 2. The van der Waals surface area contributed by atoms with E-state index in [2.05, 4.69) is 5.32 Å². The first kappa shape index (κ1) is 10.9. The third-order valence-electron chi connectivity index (χ3n) is 3.71. The summed E-state index contributed by atoms with van der Waals surface area (Å²) >= 11 is 0. The molecule has 1 aliphatic carbocycles. The second kappa shape index (κ2) is 3.76. The molecule has 15 heavy (non-hydrogen) atoms. The van der Waals surface area contributed by atoms with Crippen LogP contribution in [0.2, 0.25) is 0 Å². The van der Waals surface area contributed by atoms with Gasteiger partial charge in [0.15, 0.2) is 15.1 Å². The Kier molecular flexibility index (Phi) is 2.73. The molecule has 84 valence electrons. The third-order valence-corrected chi connectivity index (χ3v) is 5.03. The van der Waals surface area contributed by atoms with Crippen molar-refractivity contribution in [3.8, 4) is 6.07 Å². The molecule has 1 saturated heterocycles. The maximum Gasteiger partial charge on any atom is 0.165 e. The SMILES string of the molecule is CS(=O)(=O)C(C#N)C1NCC2CCCC21. The maximum atomic E-state index is 11.5. The van der Waals surface area contributed by atoms with Crippen molar-refractivity contribution < 1.29 is 8.42 Å². The molecule has 0 aromatic carbocycles. The van der Waals surface area contributed by atoms with E-state index in [9.17, 15) is 8.42 Å². The Morgan fingerprint density at radius 1 is 1.47 bits per heavy atom. The Morgan fingerprint density at radius 2 is 2.20 bits per heavy atom. The highest BCUT2D eigenvalue weighted by molar-refractivity contribution is 7.91. The van der Waals surface area contributed by atoms with Crippen molar-refractivity contribution in [2.45, 2.75) is 30.6 Å². The zero-order valence-corrected chi connectivity index (χ0v) is 9.63. The molecule has 4 unspecified atom stereocenters. The zero-order valence-electron chi connectivity index (χ0n) is 8.81. The van der Waals surface area contributed by atoms with E-state index in [1.165, 1.54) is 12.8 Å². The van der Waals surface area contributed by atoms with Crippen LogP contribution in [-0.4, -0.2) is 32.5 Å². The molecule has 0 spiro atoms. The van der Waals surface area contributed by atoms with Crippen LogP contribution in [0.15, 0.2) is 0 Å². The second-order valence-corrected chi connectivity index (χ2v) is 6.84. The van der Waals surface area contributed by atoms with Crippen molar-refractivity contribution in [1.29, 1.82) is 5.26 Å². The lowest BCUT2D eigenvalue weighted by molar-refractivity contribution is 0.413. The van der Waals surface area contributed by atoms with Gasteiger partial charge in [0.05, 0.1) is 6.07 Å². The van der Waals surface area contributed by atoms with Crippen molar-refractivity contribution in [1.82, 2.24) is 5.32 Å². The first-order chi connectivity index (χ1) is 7.04. The fourth-order valence-electron chi connectivity index (χ4n) is 3.00. The third kappa shape index (κ3) is 1.88. The van der Waals surface area contributed by atoms with E-state index in [4.69, 9.17) is 5.26 Å². The molecule has 2 fully saturated rings. The van der Waals surface area contributed by atoms with E-state index in [-0.39, 0.29) is 6.04 Å². The van der Waals surface area contributed by atoms with Crippen LogP contribution in [0.1, 0.15) is 19.3 Å². The van der Waals surface area contributed by atoms with E-state index in [0.29, 0.717) is 11.8 Å². The van der Waals surface area contributed by atoms with Gasteiger partial charge in [0.1, 0.15) is 0 Å². The number of nitrogens with one attached hydrogen (secondary N) is 1. The number of fused-ring (bicyclic) bond motifs is 1. The fraction of sp³-hybridized carbons (Fsp3) is 0.900. The summed E-state index contributed by atoms with van der Waals surface area (Å²) in [5.41, 5.74) is 0. The molecule has 1 N–H and O–H groups in total. The van der Waals surface area contributed by atoms with Gasteiger partial charge in [0.2, 0.25) is 0 Å².